The Bertz CT molecular complexity index is 112. The molecule has 0 heterocycles. The normalized spacial score (nSPS) is 11.3. The molecule has 0 aliphatic carbocycles. The van der Waals surface area contributed by atoms with Crippen LogP contribution in [0.1, 0.15) is 0 Å². The molecular formula is C2H9N6O2-. The molecule has 0 unspecified atom stereocenters. The molecule has 60 valence electrons. The third-order valence-corrected chi connectivity index (χ3v) is 0.520. The highest BCUT2D eigenvalue weighted by Gasteiger charge is 1.83. The van der Waals surface area contributed by atoms with Gasteiger partial charge in [-0.3, -0.25) is 4.84 Å². The Morgan fingerprint density at radius 3 is 2.70 bits per heavy atom. The van der Waals surface area contributed by atoms with Crippen molar-refractivity contribution in [2.24, 2.45) is 16.8 Å². The Kier molecular flexibility index (Phi) is 4.24. The van der Waals surface area contributed by atoms with Crippen LogP contribution in [-0.2, 0) is 4.84 Å². The van der Waals surface area contributed by atoms with E-state index >= 15 is 0 Å². The smallest absolute Gasteiger partial charge is 0.111 e. The topological polar surface area (TPSA) is 124 Å². The van der Waals surface area contributed by atoms with Crippen LogP contribution < -0.4 is 27.9 Å². The van der Waals surface area contributed by atoms with Crippen molar-refractivity contribution < 1.29 is 9.94 Å². The summed E-state index contributed by atoms with van der Waals surface area (Å²) >= 11 is 0. The predicted molar refractivity (Wildman–Crippen MR) is 30.9 cm³/mol. The summed E-state index contributed by atoms with van der Waals surface area (Å²) in [6, 6.07) is -0.829. The van der Waals surface area contributed by atoms with Gasteiger partial charge in [0.2, 0.25) is 0 Å². The van der Waals surface area contributed by atoms with Gasteiger partial charge in [0.25, 0.3) is 0 Å². The van der Waals surface area contributed by atoms with Gasteiger partial charge in [0.15, 0.2) is 0 Å². The number of hydrazine groups is 3. The minimum Gasteiger partial charge on any atom is -0.843 e. The van der Waals surface area contributed by atoms with Gasteiger partial charge in [-0.25, -0.2) is 22.3 Å². The molecule has 0 rings (SSSR count). The van der Waals surface area contributed by atoms with Gasteiger partial charge in [0.05, 0.1) is 7.11 Å². The van der Waals surface area contributed by atoms with Gasteiger partial charge in [-0.15, -0.1) is 0 Å². The van der Waals surface area contributed by atoms with Crippen LogP contribution in [0.3, 0.4) is 0 Å². The number of nitrogens with two attached hydrogens (primary N) is 2. The monoisotopic (exact) mass is 149 g/mol. The maximum absolute atomic E-state index is 10.4. The highest BCUT2D eigenvalue weighted by Crippen LogP contribution is 1.60. The molecule has 0 fully saturated rings. The lowest BCUT2D eigenvalue weighted by atomic mass is 11.1. The first kappa shape index (κ1) is 8.91. The summed E-state index contributed by atoms with van der Waals surface area (Å²) in [7, 11) is 1.34. The van der Waals surface area contributed by atoms with Crippen molar-refractivity contribution >= 4 is 6.02 Å². The van der Waals surface area contributed by atoms with E-state index in [0.717, 1.165) is 0 Å². The molecule has 0 aliphatic rings. The van der Waals surface area contributed by atoms with Crippen LogP contribution in [0.4, 0.5) is 0 Å². The third-order valence-electron chi connectivity index (χ3n) is 0.520. The predicted octanol–water partition coefficient (Wildman–Crippen LogP) is -3.68. The van der Waals surface area contributed by atoms with E-state index in [4.69, 9.17) is 11.7 Å². The van der Waals surface area contributed by atoms with Gasteiger partial charge in [-0.05, 0) is 0 Å². The van der Waals surface area contributed by atoms with Crippen molar-refractivity contribution in [3.05, 3.63) is 0 Å². The maximum Gasteiger partial charge on any atom is 0.111 e. The van der Waals surface area contributed by atoms with Crippen LogP contribution in [0.5, 0.6) is 0 Å². The first-order chi connectivity index (χ1) is 4.68. The fraction of sp³-hybridized carbons (Fsp3) is 0.500. The Balaban J connectivity index is 3.48. The quantitative estimate of drug-likeness (QED) is 0.107. The van der Waals surface area contributed by atoms with Crippen LogP contribution >= 0.6 is 0 Å². The van der Waals surface area contributed by atoms with Crippen molar-refractivity contribution in [3.63, 3.8) is 0 Å². The summed E-state index contributed by atoms with van der Waals surface area (Å²) in [6.45, 7) is 0. The molecule has 10 heavy (non-hydrogen) atoms. The Morgan fingerprint density at radius 2 is 2.30 bits per heavy atom. The average Bonchev–Trinajstić information content (AvgIpc) is 1.88. The zero-order valence-corrected chi connectivity index (χ0v) is 5.37. The number of amidine groups is 1. The maximum atomic E-state index is 10.4. The summed E-state index contributed by atoms with van der Waals surface area (Å²) in [6.07, 6.45) is 0. The second-order valence-corrected chi connectivity index (χ2v) is 1.22. The molecule has 0 spiro atoms. The van der Waals surface area contributed by atoms with Crippen molar-refractivity contribution in [1.82, 2.24) is 16.2 Å². The molecule has 0 aliphatic heterocycles. The van der Waals surface area contributed by atoms with Crippen LogP contribution in [0.2, 0.25) is 0 Å². The molecule has 0 amide bonds. The van der Waals surface area contributed by atoms with E-state index in [-0.39, 0.29) is 0 Å². The highest BCUT2D eigenvalue weighted by molar-refractivity contribution is 5.66. The highest BCUT2D eigenvalue weighted by atomic mass is 16.7. The summed E-state index contributed by atoms with van der Waals surface area (Å²) in [5.41, 5.74) is 4.08. The van der Waals surface area contributed by atoms with Gasteiger partial charge < -0.3 is 5.11 Å². The van der Waals surface area contributed by atoms with E-state index in [1.54, 1.807) is 0 Å². The molecule has 0 saturated carbocycles. The Morgan fingerprint density at radius 1 is 1.70 bits per heavy atom. The number of nitrogens with zero attached hydrogens (tertiary/aromatic N) is 2. The average molecular weight is 149 g/mol. The Hall–Kier alpha value is -1.09. The Labute approximate surface area is 57.3 Å². The second kappa shape index (κ2) is 4.76. The van der Waals surface area contributed by atoms with Crippen molar-refractivity contribution in [2.75, 3.05) is 7.11 Å². The van der Waals surface area contributed by atoms with E-state index in [1.165, 1.54) is 7.11 Å². The summed E-state index contributed by atoms with van der Waals surface area (Å²) in [5.74, 6) is 9.55. The van der Waals surface area contributed by atoms with E-state index in [2.05, 4.69) is 15.5 Å². The van der Waals surface area contributed by atoms with E-state index < -0.39 is 6.02 Å². The van der Waals surface area contributed by atoms with Gasteiger partial charge >= 0.3 is 0 Å². The number of hydrazone groups is 1. The molecule has 0 atom stereocenters. The molecule has 6 N–H and O–H groups in total. The second-order valence-electron chi connectivity index (χ2n) is 1.22. The lowest BCUT2D eigenvalue weighted by molar-refractivity contribution is -0.237. The third kappa shape index (κ3) is 3.86. The van der Waals surface area contributed by atoms with Gasteiger partial charge in [-0.2, -0.15) is 5.10 Å². The molecule has 8 heteroatoms. The number of rotatable bonds is 3. The van der Waals surface area contributed by atoms with Crippen LogP contribution in [0.25, 0.3) is 0 Å². The SMILES string of the molecule is CONNN=C([O-])N(N)N. The van der Waals surface area contributed by atoms with Crippen LogP contribution in [0.15, 0.2) is 5.10 Å². The van der Waals surface area contributed by atoms with Crippen molar-refractivity contribution in [2.45, 2.75) is 0 Å². The van der Waals surface area contributed by atoms with Crippen molar-refractivity contribution in [3.8, 4) is 0 Å². The molecule has 0 aromatic heterocycles. The zero-order valence-electron chi connectivity index (χ0n) is 5.37. The van der Waals surface area contributed by atoms with Gasteiger partial charge in [-0.1, -0.05) is 5.59 Å². The zero-order chi connectivity index (χ0) is 7.98. The number of hydrogen-bond donors (Lipinski definition) is 4. The van der Waals surface area contributed by atoms with E-state index in [9.17, 15) is 5.11 Å². The van der Waals surface area contributed by atoms with Crippen LogP contribution in [0, 0.1) is 0 Å². The molecule has 0 aromatic rings. The number of hydrogen-bond acceptors (Lipinski definition) is 7. The molecule has 0 aromatic carbocycles. The fourth-order valence-corrected chi connectivity index (χ4v) is 0.174. The molecule has 0 radical (unpaired) electrons. The fourth-order valence-electron chi connectivity index (χ4n) is 0.174. The number of nitrogens with one attached hydrogen (secondary N) is 2. The minimum absolute atomic E-state index is 0.324. The lowest BCUT2D eigenvalue weighted by Gasteiger charge is -2.17. The van der Waals surface area contributed by atoms with E-state index in [1.807, 2.05) is 5.53 Å². The lowest BCUT2D eigenvalue weighted by Crippen LogP contribution is -2.51. The summed E-state index contributed by atoms with van der Waals surface area (Å²) in [5, 5.41) is 13.8. The minimum atomic E-state index is -0.829. The van der Waals surface area contributed by atoms with E-state index in [0.29, 0.717) is 5.12 Å². The van der Waals surface area contributed by atoms with Gasteiger partial charge in [0, 0.05) is 0 Å². The van der Waals surface area contributed by atoms with Crippen LogP contribution in [-0.4, -0.2) is 18.2 Å². The largest absolute Gasteiger partial charge is 0.843 e. The van der Waals surface area contributed by atoms with Crippen molar-refractivity contribution in [1.29, 1.82) is 0 Å². The first-order valence-electron chi connectivity index (χ1n) is 2.25. The standard InChI is InChI=1S/C2H10N6O2/c1-10-7-6-5-2(9)8(3)4/h6-7H,3-4H2,1H3,(H,5,9)/p-1. The molecule has 8 nitrogen and oxygen atoms in total. The molecular weight excluding hydrogens is 140 g/mol. The van der Waals surface area contributed by atoms with Gasteiger partial charge in [0.1, 0.15) is 6.02 Å². The molecule has 0 saturated heterocycles. The molecule has 0 bridgehead atoms. The summed E-state index contributed by atoms with van der Waals surface area (Å²) in [4.78, 5) is 4.26. The first-order valence-corrected chi connectivity index (χ1v) is 2.25. The summed E-state index contributed by atoms with van der Waals surface area (Å²) < 4.78 is 0.